The highest BCUT2D eigenvalue weighted by Crippen LogP contribution is 2.46. The van der Waals surface area contributed by atoms with Gasteiger partial charge in [0, 0.05) is 22.0 Å². The van der Waals surface area contributed by atoms with Gasteiger partial charge in [0.25, 0.3) is 0 Å². The summed E-state index contributed by atoms with van der Waals surface area (Å²) in [6.07, 6.45) is 3.06. The van der Waals surface area contributed by atoms with E-state index in [1.807, 2.05) is 0 Å². The molecule has 2 nitrogen and oxygen atoms in total. The van der Waals surface area contributed by atoms with Gasteiger partial charge in [-0.25, -0.2) is 0 Å². The van der Waals surface area contributed by atoms with Gasteiger partial charge in [0.15, 0.2) is 0 Å². The zero-order chi connectivity index (χ0) is 35.1. The fraction of sp³-hybridized carbons (Fsp3) is 0.100. The van der Waals surface area contributed by atoms with Crippen molar-refractivity contribution in [2.45, 2.75) is 34.1 Å². The lowest BCUT2D eigenvalue weighted by Gasteiger charge is -2.16. The van der Waals surface area contributed by atoms with Crippen molar-refractivity contribution < 1.29 is 0 Å². The van der Waals surface area contributed by atoms with Crippen molar-refractivity contribution in [1.29, 1.82) is 0 Å². The van der Waals surface area contributed by atoms with Crippen LogP contribution in [-0.2, 0) is 6.42 Å². The second-order valence-electron chi connectivity index (χ2n) is 14.5. The lowest BCUT2D eigenvalue weighted by atomic mass is 9.91. The highest BCUT2D eigenvalue weighted by Gasteiger charge is 2.26. The van der Waals surface area contributed by atoms with Gasteiger partial charge in [-0.05, 0) is 130 Å². The van der Waals surface area contributed by atoms with Crippen molar-refractivity contribution in [3.8, 4) is 50.3 Å². The second kappa shape index (κ2) is 11.6. The van der Waals surface area contributed by atoms with Gasteiger partial charge in [-0.1, -0.05) is 121 Å². The predicted molar refractivity (Wildman–Crippen MR) is 220 cm³/mol. The Morgan fingerprint density at radius 3 is 1.92 bits per heavy atom. The summed E-state index contributed by atoms with van der Waals surface area (Å²) in [5, 5.41) is 5.13. The minimum atomic E-state index is 0.955. The number of fused-ring (bicyclic) bond motifs is 7. The number of hydrogen-bond donors (Lipinski definition) is 0. The quantitative estimate of drug-likeness (QED) is 0.183. The van der Waals surface area contributed by atoms with Gasteiger partial charge in [-0.2, -0.15) is 0 Å². The van der Waals surface area contributed by atoms with Crippen molar-refractivity contribution in [3.05, 3.63) is 179 Å². The maximum atomic E-state index is 5.17. The van der Waals surface area contributed by atoms with Crippen LogP contribution in [-0.4, -0.2) is 9.55 Å². The zero-order valence-corrected chi connectivity index (χ0v) is 30.0. The van der Waals surface area contributed by atoms with E-state index >= 15 is 0 Å². The molecule has 0 saturated carbocycles. The molecule has 0 unspecified atom stereocenters. The number of hydrogen-bond acceptors (Lipinski definition) is 1. The third-order valence-corrected chi connectivity index (χ3v) is 11.5. The van der Waals surface area contributed by atoms with Crippen molar-refractivity contribution in [3.63, 3.8) is 0 Å². The van der Waals surface area contributed by atoms with E-state index < -0.39 is 0 Å². The van der Waals surface area contributed by atoms with Crippen LogP contribution >= 0.6 is 0 Å². The van der Waals surface area contributed by atoms with Gasteiger partial charge in [0.1, 0.15) is 0 Å². The molecular weight excluding hydrogens is 629 g/mol. The summed E-state index contributed by atoms with van der Waals surface area (Å²) < 4.78 is 2.48. The number of aromatic nitrogens is 2. The van der Waals surface area contributed by atoms with E-state index in [4.69, 9.17) is 4.98 Å². The third kappa shape index (κ3) is 4.54. The van der Waals surface area contributed by atoms with E-state index in [9.17, 15) is 0 Å². The summed E-state index contributed by atoms with van der Waals surface area (Å²) in [6, 6.07) is 51.2. The molecule has 1 aliphatic carbocycles. The maximum absolute atomic E-state index is 5.17. The average Bonchev–Trinajstić information content (AvgIpc) is 3.69. The summed E-state index contributed by atoms with van der Waals surface area (Å²) >= 11 is 0. The first-order valence-corrected chi connectivity index (χ1v) is 18.3. The van der Waals surface area contributed by atoms with Gasteiger partial charge in [0.2, 0.25) is 0 Å². The van der Waals surface area contributed by atoms with Gasteiger partial charge in [0.05, 0.1) is 22.9 Å². The molecule has 0 saturated heterocycles. The Hall–Kier alpha value is -6.25. The summed E-state index contributed by atoms with van der Waals surface area (Å²) in [6.45, 7) is 9.07. The Labute approximate surface area is 304 Å². The molecule has 2 aromatic heterocycles. The molecular formula is C50H38N2. The first kappa shape index (κ1) is 30.6. The normalized spacial score (nSPS) is 12.2. The van der Waals surface area contributed by atoms with E-state index in [0.717, 1.165) is 23.2 Å². The number of rotatable bonds is 4. The SMILES string of the molecule is Cc1cc2c(cc1-c1cccc3ccccc13)-c1cc(-n3c4ccc(-c5ccccc5)c(C)c4c4c(C)c(-c5ccccc5)ncc43)c(C)cc1C2. The molecule has 0 fully saturated rings. The van der Waals surface area contributed by atoms with Crippen molar-refractivity contribution >= 4 is 32.6 Å². The standard InChI is InChI=1S/C50H38N2/c1-30-24-37-26-38-25-31(2)46(28-44(38)43(37)27-42(30)41-21-13-19-35-16-11-12-20-40(35)41)52-45-23-22-39(34-14-7-5-8-15-34)32(3)48(45)49-33(4)50(51-29-47(49)52)36-17-9-6-10-18-36/h5-25,27-29H,26H2,1-4H3. The van der Waals surface area contributed by atoms with Crippen LogP contribution < -0.4 is 0 Å². The molecule has 248 valence electrons. The van der Waals surface area contributed by atoms with Crippen LogP contribution in [0.25, 0.3) is 82.9 Å². The summed E-state index contributed by atoms with van der Waals surface area (Å²) in [7, 11) is 0. The summed E-state index contributed by atoms with van der Waals surface area (Å²) in [5.41, 5.74) is 21.4. The third-order valence-electron chi connectivity index (χ3n) is 11.5. The van der Waals surface area contributed by atoms with Crippen LogP contribution in [0.5, 0.6) is 0 Å². The van der Waals surface area contributed by atoms with E-state index in [0.29, 0.717) is 0 Å². The number of nitrogens with zero attached hydrogens (tertiary/aromatic N) is 2. The monoisotopic (exact) mass is 666 g/mol. The molecule has 2 heteroatoms. The molecule has 0 radical (unpaired) electrons. The Bertz CT molecular complexity index is 2790. The number of aryl methyl sites for hydroxylation is 4. The maximum Gasteiger partial charge on any atom is 0.0738 e. The fourth-order valence-corrected chi connectivity index (χ4v) is 9.00. The van der Waals surface area contributed by atoms with Crippen LogP contribution in [0, 0.1) is 27.7 Å². The summed E-state index contributed by atoms with van der Waals surface area (Å²) in [5.74, 6) is 0. The average molecular weight is 667 g/mol. The largest absolute Gasteiger partial charge is 0.307 e. The van der Waals surface area contributed by atoms with Crippen LogP contribution in [0.1, 0.15) is 33.4 Å². The van der Waals surface area contributed by atoms with Crippen molar-refractivity contribution in [1.82, 2.24) is 9.55 Å². The van der Waals surface area contributed by atoms with E-state index in [-0.39, 0.29) is 0 Å². The van der Waals surface area contributed by atoms with Gasteiger partial charge >= 0.3 is 0 Å². The molecule has 0 amide bonds. The molecule has 0 bridgehead atoms. The molecule has 1 aliphatic rings. The minimum Gasteiger partial charge on any atom is -0.307 e. The Balaban J connectivity index is 1.23. The van der Waals surface area contributed by atoms with Gasteiger partial charge < -0.3 is 4.57 Å². The Morgan fingerprint density at radius 2 is 1.13 bits per heavy atom. The van der Waals surface area contributed by atoms with Crippen molar-refractivity contribution in [2.75, 3.05) is 0 Å². The smallest absolute Gasteiger partial charge is 0.0738 e. The highest BCUT2D eigenvalue weighted by atomic mass is 15.0. The Morgan fingerprint density at radius 1 is 0.481 bits per heavy atom. The van der Waals surface area contributed by atoms with E-state index in [1.54, 1.807) is 0 Å². The van der Waals surface area contributed by atoms with Crippen LogP contribution in [0.4, 0.5) is 0 Å². The Kier molecular flexibility index (Phi) is 6.85. The first-order chi connectivity index (χ1) is 25.5. The molecule has 52 heavy (non-hydrogen) atoms. The van der Waals surface area contributed by atoms with Crippen LogP contribution in [0.2, 0.25) is 0 Å². The van der Waals surface area contributed by atoms with Gasteiger partial charge in [-0.15, -0.1) is 0 Å². The molecule has 0 N–H and O–H groups in total. The van der Waals surface area contributed by atoms with Crippen LogP contribution in [0.15, 0.2) is 146 Å². The molecule has 10 rings (SSSR count). The number of benzene rings is 7. The number of pyridine rings is 1. The van der Waals surface area contributed by atoms with E-state index in [1.165, 1.54) is 99.5 Å². The van der Waals surface area contributed by atoms with Crippen LogP contribution in [0.3, 0.4) is 0 Å². The summed E-state index contributed by atoms with van der Waals surface area (Å²) in [4.78, 5) is 5.17. The lowest BCUT2D eigenvalue weighted by Crippen LogP contribution is -2.00. The lowest BCUT2D eigenvalue weighted by molar-refractivity contribution is 1.13. The topological polar surface area (TPSA) is 17.8 Å². The first-order valence-electron chi connectivity index (χ1n) is 18.3. The van der Waals surface area contributed by atoms with E-state index in [2.05, 4.69) is 178 Å². The highest BCUT2D eigenvalue weighted by molar-refractivity contribution is 6.15. The molecule has 9 aromatic rings. The molecule has 0 spiro atoms. The minimum absolute atomic E-state index is 0.955. The van der Waals surface area contributed by atoms with Gasteiger partial charge in [-0.3, -0.25) is 4.98 Å². The van der Waals surface area contributed by atoms with Crippen molar-refractivity contribution in [2.24, 2.45) is 0 Å². The second-order valence-corrected chi connectivity index (χ2v) is 14.5. The molecule has 0 atom stereocenters. The molecule has 2 heterocycles. The predicted octanol–water partition coefficient (Wildman–Crippen LogP) is 13.1. The fourth-order valence-electron chi connectivity index (χ4n) is 9.00. The molecule has 0 aliphatic heterocycles. The zero-order valence-electron chi connectivity index (χ0n) is 30.0. The molecule has 7 aromatic carbocycles.